The number of amides is 1. The van der Waals surface area contributed by atoms with Gasteiger partial charge in [-0.05, 0) is 80.4 Å². The fourth-order valence-electron chi connectivity index (χ4n) is 3.60. The minimum absolute atomic E-state index is 0.140. The van der Waals surface area contributed by atoms with Gasteiger partial charge in [-0.2, -0.15) is 15.6 Å². The number of quaternary nitrogens is 1. The maximum absolute atomic E-state index is 13.0. The summed E-state index contributed by atoms with van der Waals surface area (Å²) in [7, 11) is 1.60. The Kier molecular flexibility index (Phi) is 5.95. The van der Waals surface area contributed by atoms with E-state index in [1.807, 2.05) is 32.0 Å². The zero-order valence-corrected chi connectivity index (χ0v) is 18.7. The van der Waals surface area contributed by atoms with Crippen molar-refractivity contribution in [1.82, 2.24) is 0 Å². The van der Waals surface area contributed by atoms with Crippen LogP contribution in [0, 0.1) is 13.8 Å². The topological polar surface area (TPSA) is 109 Å². The summed E-state index contributed by atoms with van der Waals surface area (Å²) in [5, 5.41) is 14.7. The molecule has 0 atom stereocenters. The largest absolute Gasteiger partial charge is 0.478 e. The molecule has 1 amide bonds. The van der Waals surface area contributed by atoms with E-state index in [0.717, 1.165) is 22.4 Å². The molecular formula is C25H24N3O5+. The number of rotatable bonds is 6. The average molecular weight is 446 g/mol. The van der Waals surface area contributed by atoms with Crippen molar-refractivity contribution in [3.63, 3.8) is 0 Å². The van der Waals surface area contributed by atoms with E-state index in [-0.39, 0.29) is 11.5 Å². The van der Waals surface area contributed by atoms with Crippen LogP contribution >= 0.6 is 0 Å². The maximum Gasteiger partial charge on any atom is 0.335 e. The molecule has 3 N–H and O–H groups in total. The Balaban J connectivity index is 1.62. The molecule has 8 heteroatoms. The standard InChI is InChI=1S/C25H23N3O5/c1-14-11-21(22(27-32-4)12-15(14)2)23-10-9-19(33-23)13-20-16(3)26-28(24(20)29)18-7-5-17(6-8-18)25(30)31/h5-13,27H,1-4H3,(H,30,31)/p+1/b20-13+. The molecule has 0 spiro atoms. The van der Waals surface area contributed by atoms with Crippen molar-refractivity contribution in [2.45, 2.75) is 20.8 Å². The van der Waals surface area contributed by atoms with Crippen molar-refractivity contribution in [1.29, 1.82) is 0 Å². The molecular weight excluding hydrogens is 422 g/mol. The van der Waals surface area contributed by atoms with Gasteiger partial charge in [0, 0.05) is 6.07 Å². The Morgan fingerprint density at radius 3 is 2.45 bits per heavy atom. The maximum atomic E-state index is 13.0. The molecule has 0 bridgehead atoms. The van der Waals surface area contributed by atoms with Gasteiger partial charge in [0.15, 0.2) is 5.69 Å². The zero-order chi connectivity index (χ0) is 23.7. The quantitative estimate of drug-likeness (QED) is 0.340. The molecule has 8 nitrogen and oxygen atoms in total. The third-order valence-electron chi connectivity index (χ3n) is 5.51. The van der Waals surface area contributed by atoms with Crippen LogP contribution in [-0.4, -0.2) is 29.8 Å². The lowest BCUT2D eigenvalue weighted by Crippen LogP contribution is -2.76. The Labute approximate surface area is 190 Å². The Morgan fingerprint density at radius 2 is 1.79 bits per heavy atom. The number of carboxylic acid groups (broad SMARTS) is 1. The highest BCUT2D eigenvalue weighted by Gasteiger charge is 2.29. The molecule has 0 saturated heterocycles. The van der Waals surface area contributed by atoms with E-state index in [9.17, 15) is 9.59 Å². The minimum Gasteiger partial charge on any atom is -0.478 e. The molecule has 0 saturated carbocycles. The minimum atomic E-state index is -1.03. The van der Waals surface area contributed by atoms with Crippen molar-refractivity contribution in [2.24, 2.45) is 5.10 Å². The second kappa shape index (κ2) is 8.85. The number of nitrogens with zero attached hydrogens (tertiary/aromatic N) is 2. The summed E-state index contributed by atoms with van der Waals surface area (Å²) >= 11 is 0. The van der Waals surface area contributed by atoms with Gasteiger partial charge < -0.3 is 9.52 Å². The van der Waals surface area contributed by atoms with Gasteiger partial charge in [-0.15, -0.1) is 0 Å². The molecule has 3 aromatic rings. The van der Waals surface area contributed by atoms with Crippen molar-refractivity contribution >= 4 is 35.0 Å². The molecule has 0 aliphatic carbocycles. The molecule has 1 aliphatic heterocycles. The van der Waals surface area contributed by atoms with Gasteiger partial charge in [0.1, 0.15) is 11.5 Å². The summed E-state index contributed by atoms with van der Waals surface area (Å²) < 4.78 is 6.05. The van der Waals surface area contributed by atoms with Crippen molar-refractivity contribution in [3.05, 3.63) is 76.6 Å². The molecule has 4 rings (SSSR count). The van der Waals surface area contributed by atoms with E-state index < -0.39 is 5.97 Å². The van der Waals surface area contributed by atoms with Crippen LogP contribution in [0.4, 0.5) is 11.4 Å². The van der Waals surface area contributed by atoms with Gasteiger partial charge in [0.05, 0.1) is 35.2 Å². The highest BCUT2D eigenvalue weighted by molar-refractivity contribution is 6.32. The van der Waals surface area contributed by atoms with Crippen LogP contribution in [0.3, 0.4) is 0 Å². The number of furan rings is 1. The number of aryl methyl sites for hydroxylation is 2. The normalized spacial score (nSPS) is 14.8. The molecule has 33 heavy (non-hydrogen) atoms. The number of benzene rings is 2. The zero-order valence-electron chi connectivity index (χ0n) is 18.7. The number of nitrogens with two attached hydrogens (primary N) is 1. The highest BCUT2D eigenvalue weighted by atomic mass is 16.6. The number of carbonyl (C=O) groups is 2. The summed E-state index contributed by atoms with van der Waals surface area (Å²) in [6.45, 7) is 5.82. The molecule has 2 aromatic carbocycles. The fraction of sp³-hybridized carbons (Fsp3) is 0.160. The Bertz CT molecular complexity index is 1300. The summed E-state index contributed by atoms with van der Waals surface area (Å²) in [5.74, 6) is -0.159. The molecule has 1 aromatic heterocycles. The first kappa shape index (κ1) is 22.2. The second-order valence-corrected chi connectivity index (χ2v) is 7.79. The third kappa shape index (κ3) is 4.34. The van der Waals surface area contributed by atoms with Crippen LogP contribution in [0.2, 0.25) is 0 Å². The summed E-state index contributed by atoms with van der Waals surface area (Å²) in [6, 6.07) is 13.7. The van der Waals surface area contributed by atoms with Gasteiger partial charge in [0.2, 0.25) is 0 Å². The van der Waals surface area contributed by atoms with Crippen LogP contribution < -0.4 is 10.5 Å². The fourth-order valence-corrected chi connectivity index (χ4v) is 3.60. The van der Waals surface area contributed by atoms with Crippen LogP contribution in [0.25, 0.3) is 17.4 Å². The van der Waals surface area contributed by atoms with E-state index >= 15 is 0 Å². The van der Waals surface area contributed by atoms with Crippen LogP contribution in [0.1, 0.15) is 34.2 Å². The highest BCUT2D eigenvalue weighted by Crippen LogP contribution is 2.31. The predicted octanol–water partition coefficient (Wildman–Crippen LogP) is 3.82. The van der Waals surface area contributed by atoms with Crippen molar-refractivity contribution in [3.8, 4) is 11.3 Å². The number of carboxylic acids is 1. The van der Waals surface area contributed by atoms with Crippen LogP contribution in [0.5, 0.6) is 0 Å². The number of hydrogen-bond acceptors (Lipinski definition) is 5. The summed E-state index contributed by atoms with van der Waals surface area (Å²) in [6.07, 6.45) is 1.66. The first-order valence-corrected chi connectivity index (χ1v) is 10.3. The molecule has 0 unspecified atom stereocenters. The van der Waals surface area contributed by atoms with E-state index in [0.29, 0.717) is 28.5 Å². The number of hydrazone groups is 1. The molecule has 2 heterocycles. The molecule has 1 aliphatic rings. The van der Waals surface area contributed by atoms with E-state index in [2.05, 4.69) is 5.10 Å². The Morgan fingerprint density at radius 1 is 1.09 bits per heavy atom. The summed E-state index contributed by atoms with van der Waals surface area (Å²) in [4.78, 5) is 29.3. The van der Waals surface area contributed by atoms with Gasteiger partial charge >= 0.3 is 5.97 Å². The van der Waals surface area contributed by atoms with Crippen LogP contribution in [0.15, 0.2) is 63.6 Å². The van der Waals surface area contributed by atoms with Gasteiger partial charge in [-0.1, -0.05) is 0 Å². The van der Waals surface area contributed by atoms with Crippen molar-refractivity contribution < 1.29 is 29.4 Å². The smallest absolute Gasteiger partial charge is 0.335 e. The first-order chi connectivity index (χ1) is 15.8. The molecule has 0 radical (unpaired) electrons. The van der Waals surface area contributed by atoms with Crippen LogP contribution in [-0.2, 0) is 9.63 Å². The first-order valence-electron chi connectivity index (χ1n) is 10.3. The van der Waals surface area contributed by atoms with E-state index in [1.165, 1.54) is 17.1 Å². The lowest BCUT2D eigenvalue weighted by Gasteiger charge is -2.11. The van der Waals surface area contributed by atoms with Gasteiger partial charge in [0.25, 0.3) is 5.91 Å². The van der Waals surface area contributed by atoms with Crippen molar-refractivity contribution in [2.75, 3.05) is 12.1 Å². The number of anilines is 1. The number of hydrogen-bond donors (Lipinski definition) is 2. The monoisotopic (exact) mass is 446 g/mol. The summed E-state index contributed by atoms with van der Waals surface area (Å²) in [5.41, 5.74) is 7.33. The third-order valence-corrected chi connectivity index (χ3v) is 5.51. The SMILES string of the molecule is CO[NH2+]c1cc(C)c(C)cc1-c1ccc(/C=C2/C(=O)N(c3ccc(C(=O)O)cc3)N=C2C)o1. The molecule has 168 valence electrons. The van der Waals surface area contributed by atoms with Gasteiger partial charge in [-0.25, -0.2) is 9.63 Å². The van der Waals surface area contributed by atoms with E-state index in [4.69, 9.17) is 14.4 Å². The molecule has 0 fully saturated rings. The average Bonchev–Trinajstić information content (AvgIpc) is 3.36. The Hall–Kier alpha value is -4.01. The lowest BCUT2D eigenvalue weighted by molar-refractivity contribution is -0.829. The number of carbonyl (C=O) groups excluding carboxylic acids is 1. The van der Waals surface area contributed by atoms with E-state index in [1.54, 1.807) is 43.8 Å². The second-order valence-electron chi connectivity index (χ2n) is 7.79. The van der Waals surface area contributed by atoms with Gasteiger partial charge in [-0.3, -0.25) is 4.79 Å². The predicted molar refractivity (Wildman–Crippen MR) is 124 cm³/mol. The number of aromatic carboxylic acids is 1. The lowest BCUT2D eigenvalue weighted by atomic mass is 10.0.